The van der Waals surface area contributed by atoms with Crippen molar-refractivity contribution in [2.45, 2.75) is 58.7 Å². The second-order valence-corrected chi connectivity index (χ2v) is 13.9. The number of nitrogens with one attached hydrogen (secondary N) is 2. The Morgan fingerprint density at radius 2 is 1.64 bits per heavy atom. The van der Waals surface area contributed by atoms with Crippen molar-refractivity contribution in [1.82, 2.24) is 10.6 Å². The number of amides is 1. The van der Waals surface area contributed by atoms with Gasteiger partial charge in [0, 0.05) is 49.8 Å². The van der Waals surface area contributed by atoms with E-state index < -0.39 is 60.6 Å². The fourth-order valence-corrected chi connectivity index (χ4v) is 7.45. The molecule has 14 nitrogen and oxygen atoms in total. The third kappa shape index (κ3) is 18.6. The molecule has 3 atom stereocenters. The molecule has 0 saturated carbocycles. The minimum atomic E-state index is -4.59. The number of carboxylic acid groups (broad SMARTS) is 1. The number of rotatable bonds is 24. The summed E-state index contributed by atoms with van der Waals surface area (Å²) in [5.41, 5.74) is 0. The number of thioether (sulfide) groups is 1. The van der Waals surface area contributed by atoms with E-state index in [2.05, 4.69) is 10.6 Å². The molecule has 0 spiro atoms. The summed E-state index contributed by atoms with van der Waals surface area (Å²) in [6, 6.07) is -1.13. The molecule has 0 bridgehead atoms. The number of hydrogen-bond acceptors (Lipinski definition) is 12. The third-order valence-electron chi connectivity index (χ3n) is 5.00. The molecule has 0 aromatic rings. The third-order valence-corrected chi connectivity index (χ3v) is 10.1. The molecule has 0 fully saturated rings. The first-order chi connectivity index (χ1) is 18.3. The number of hydrogen-bond donors (Lipinski definition) is 5. The Balaban J connectivity index is 4.16. The van der Waals surface area contributed by atoms with Gasteiger partial charge < -0.3 is 38.9 Å². The Morgan fingerprint density at radius 3 is 2.15 bits per heavy atom. The smallest absolute Gasteiger partial charge is 0.480 e. The van der Waals surface area contributed by atoms with Gasteiger partial charge in [-0.15, -0.1) is 0 Å². The molecule has 17 heteroatoms. The summed E-state index contributed by atoms with van der Waals surface area (Å²) < 4.78 is 53.1. The molecule has 0 radical (unpaired) electrons. The molecular weight excluding hydrogens is 576 g/mol. The zero-order valence-corrected chi connectivity index (χ0v) is 25.7. The molecule has 3 unspecified atom stereocenters. The Kier molecular flexibility index (Phi) is 19.9. The second-order valence-electron chi connectivity index (χ2n) is 8.50. The number of esters is 1. The van der Waals surface area contributed by atoms with E-state index in [0.29, 0.717) is 38.2 Å². The van der Waals surface area contributed by atoms with Gasteiger partial charge in [0.25, 0.3) is 10.1 Å². The number of aliphatic hydroxyl groups is 1. The van der Waals surface area contributed by atoms with Gasteiger partial charge in [-0.3, -0.25) is 14.1 Å². The molecule has 39 heavy (non-hydrogen) atoms. The first kappa shape index (κ1) is 37.7. The van der Waals surface area contributed by atoms with Crippen LogP contribution in [0.25, 0.3) is 0 Å². The lowest BCUT2D eigenvalue weighted by Gasteiger charge is -2.28. The van der Waals surface area contributed by atoms with Gasteiger partial charge in [-0.25, -0.2) is 4.79 Å². The van der Waals surface area contributed by atoms with Crippen molar-refractivity contribution in [2.24, 2.45) is 5.92 Å². The first-order valence-electron chi connectivity index (χ1n) is 12.8. The van der Waals surface area contributed by atoms with Crippen molar-refractivity contribution in [3.63, 3.8) is 0 Å². The molecule has 0 heterocycles. The molecule has 0 aliphatic heterocycles. The maximum absolute atomic E-state index is 12.1. The highest BCUT2D eigenvalue weighted by atomic mass is 32.2. The molecule has 230 valence electrons. The Morgan fingerprint density at radius 1 is 1.05 bits per heavy atom. The number of aliphatic carboxylic acids is 1. The summed E-state index contributed by atoms with van der Waals surface area (Å²) >= 11 is 1.25. The van der Waals surface area contributed by atoms with Gasteiger partial charge in [-0.05, 0) is 33.7 Å². The lowest BCUT2D eigenvalue weighted by molar-refractivity contribution is -0.146. The predicted octanol–water partition coefficient (Wildman–Crippen LogP) is 0.135. The maximum Gasteiger partial charge on any atom is 0.500 e. The van der Waals surface area contributed by atoms with Gasteiger partial charge >= 0.3 is 20.7 Å². The molecule has 0 aromatic heterocycles. The van der Waals surface area contributed by atoms with Gasteiger partial charge in [-0.1, -0.05) is 6.92 Å². The highest BCUT2D eigenvalue weighted by Crippen LogP contribution is 2.17. The summed E-state index contributed by atoms with van der Waals surface area (Å²) in [4.78, 5) is 35.1. The lowest BCUT2D eigenvalue weighted by atomic mass is 10.2. The Bertz CT molecular complexity index is 817. The normalized spacial score (nSPS) is 14.4. The summed E-state index contributed by atoms with van der Waals surface area (Å²) in [6.07, 6.45) is -0.120. The summed E-state index contributed by atoms with van der Waals surface area (Å²) in [6.45, 7) is 9.37. The molecule has 0 saturated heterocycles. The van der Waals surface area contributed by atoms with Crippen molar-refractivity contribution in [1.29, 1.82) is 0 Å². The van der Waals surface area contributed by atoms with E-state index in [1.165, 1.54) is 18.7 Å². The van der Waals surface area contributed by atoms with E-state index in [0.717, 1.165) is 6.42 Å². The van der Waals surface area contributed by atoms with Crippen LogP contribution in [0.4, 0.5) is 0 Å². The van der Waals surface area contributed by atoms with Crippen LogP contribution in [0.15, 0.2) is 0 Å². The number of ether oxygens (including phenoxy) is 1. The van der Waals surface area contributed by atoms with Crippen molar-refractivity contribution in [2.75, 3.05) is 56.8 Å². The first-order valence-corrected chi connectivity index (χ1v) is 17.5. The van der Waals surface area contributed by atoms with E-state index in [9.17, 15) is 27.9 Å². The van der Waals surface area contributed by atoms with Crippen molar-refractivity contribution in [3.8, 4) is 0 Å². The summed E-state index contributed by atoms with van der Waals surface area (Å²) in [5, 5.41) is 24.2. The molecule has 0 aromatic carbocycles. The highest BCUT2D eigenvalue weighted by molar-refractivity contribution is 7.99. The van der Waals surface area contributed by atoms with Crippen LogP contribution in [0.3, 0.4) is 0 Å². The van der Waals surface area contributed by atoms with Gasteiger partial charge in [0.2, 0.25) is 5.91 Å². The molecular formula is C22H44N2O12S2Si. The molecule has 0 aliphatic rings. The van der Waals surface area contributed by atoms with Crippen LogP contribution in [0.2, 0.25) is 6.04 Å². The topological polar surface area (TPSA) is 207 Å². The van der Waals surface area contributed by atoms with E-state index in [-0.39, 0.29) is 25.3 Å². The van der Waals surface area contributed by atoms with Crippen molar-refractivity contribution < 1.29 is 55.6 Å². The molecule has 0 aliphatic carbocycles. The van der Waals surface area contributed by atoms with E-state index in [1.54, 1.807) is 0 Å². The van der Waals surface area contributed by atoms with Crippen LogP contribution >= 0.6 is 11.8 Å². The number of carbonyl (C=O) groups is 3. The van der Waals surface area contributed by atoms with E-state index >= 15 is 0 Å². The predicted molar refractivity (Wildman–Crippen MR) is 147 cm³/mol. The average molecular weight is 621 g/mol. The van der Waals surface area contributed by atoms with Gasteiger partial charge in [0.15, 0.2) is 0 Å². The summed E-state index contributed by atoms with van der Waals surface area (Å²) in [5.74, 6) is -4.05. The second kappa shape index (κ2) is 20.5. The van der Waals surface area contributed by atoms with Crippen LogP contribution in [0.5, 0.6) is 0 Å². The zero-order chi connectivity index (χ0) is 29.9. The Labute approximate surface area is 236 Å². The monoisotopic (exact) mass is 620 g/mol. The molecule has 1 amide bonds. The highest BCUT2D eigenvalue weighted by Gasteiger charge is 2.39. The SMILES string of the molecule is CCO[Si](CCCNCC(O)COC(=O)CCSCC(C)C(=O)NC(CS(=O)(=O)O)C(=O)O)(OCC)OCC. The van der Waals surface area contributed by atoms with Gasteiger partial charge in [0.05, 0.1) is 6.42 Å². The van der Waals surface area contributed by atoms with Crippen LogP contribution in [0.1, 0.15) is 40.5 Å². The van der Waals surface area contributed by atoms with Crippen molar-refractivity contribution in [3.05, 3.63) is 0 Å². The minimum absolute atomic E-state index is 0.0403. The van der Waals surface area contributed by atoms with Gasteiger partial charge in [-0.2, -0.15) is 20.2 Å². The quantitative estimate of drug-likeness (QED) is 0.0421. The van der Waals surface area contributed by atoms with E-state index in [1.807, 2.05) is 20.8 Å². The average Bonchev–Trinajstić information content (AvgIpc) is 2.84. The Hall–Kier alpha value is -1.31. The zero-order valence-electron chi connectivity index (χ0n) is 23.0. The van der Waals surface area contributed by atoms with Crippen LogP contribution in [-0.4, -0.2) is 119 Å². The number of aliphatic hydroxyl groups excluding tert-OH is 1. The van der Waals surface area contributed by atoms with E-state index in [4.69, 9.17) is 27.7 Å². The minimum Gasteiger partial charge on any atom is -0.480 e. The standard InChI is InChI=1S/C22H44N2O12S2Si/c1-5-34-39(35-6-2,36-7-3)12-8-10-23-13-18(25)14-33-20(26)9-11-37-15-17(4)21(27)24-19(22(28)29)16-38(30,31)32/h17-19,23,25H,5-16H2,1-4H3,(H,24,27)(H,28,29)(H,30,31,32). The number of carboxylic acids is 1. The summed E-state index contributed by atoms with van der Waals surface area (Å²) in [7, 11) is -7.29. The van der Waals surface area contributed by atoms with Crippen LogP contribution in [-0.2, 0) is 42.5 Å². The number of carbonyl (C=O) groups excluding carboxylic acids is 2. The largest absolute Gasteiger partial charge is 0.500 e. The maximum atomic E-state index is 12.1. The molecule has 0 rings (SSSR count). The van der Waals surface area contributed by atoms with Crippen molar-refractivity contribution >= 4 is 48.5 Å². The van der Waals surface area contributed by atoms with Crippen LogP contribution in [0, 0.1) is 5.92 Å². The fraction of sp³-hybridized carbons (Fsp3) is 0.864. The van der Waals surface area contributed by atoms with Gasteiger partial charge in [0.1, 0.15) is 24.5 Å². The lowest BCUT2D eigenvalue weighted by Crippen LogP contribution is -2.47. The molecule has 5 N–H and O–H groups in total. The fourth-order valence-electron chi connectivity index (χ4n) is 3.21. The van der Waals surface area contributed by atoms with Crippen LogP contribution < -0.4 is 10.6 Å².